The highest BCUT2D eigenvalue weighted by Gasteiger charge is 2.51. The van der Waals surface area contributed by atoms with Crippen LogP contribution in [0.2, 0.25) is 0 Å². The van der Waals surface area contributed by atoms with E-state index in [-0.39, 0.29) is 30.6 Å². The summed E-state index contributed by atoms with van der Waals surface area (Å²) in [6.07, 6.45) is -10.2. The van der Waals surface area contributed by atoms with Gasteiger partial charge in [0, 0.05) is 0 Å². The van der Waals surface area contributed by atoms with Crippen LogP contribution in [-0.4, -0.2) is 122 Å². The lowest BCUT2D eigenvalue weighted by molar-refractivity contribution is -0.303. The van der Waals surface area contributed by atoms with Crippen LogP contribution < -0.4 is 15.7 Å². The van der Waals surface area contributed by atoms with E-state index in [2.05, 4.69) is 16.5 Å². The van der Waals surface area contributed by atoms with Gasteiger partial charge in [-0.05, 0) is 13.3 Å². The number of nitrogens with zero attached hydrogens (tertiary/aromatic N) is 4. The van der Waals surface area contributed by atoms with E-state index in [1.54, 1.807) is 0 Å². The molecule has 15 nitrogen and oxygen atoms in total. The maximum atomic E-state index is 10.7. The van der Waals surface area contributed by atoms with Crippen molar-refractivity contribution in [1.82, 2.24) is 9.97 Å². The van der Waals surface area contributed by atoms with Crippen LogP contribution in [0, 0.1) is 0 Å². The van der Waals surface area contributed by atoms with Gasteiger partial charge in [0.25, 0.3) is 0 Å². The Morgan fingerprint density at radius 1 is 1.08 bits per heavy atom. The van der Waals surface area contributed by atoms with Crippen molar-refractivity contribution >= 4 is 17.3 Å². The molecule has 3 aliphatic rings. The second-order valence-corrected chi connectivity index (χ2v) is 9.05. The van der Waals surface area contributed by atoms with Crippen molar-refractivity contribution in [2.75, 3.05) is 42.2 Å². The fraction of sp³-hybridized carbons (Fsp3) is 0.714. The molecule has 3 aliphatic heterocycles. The van der Waals surface area contributed by atoms with Gasteiger partial charge in [-0.25, -0.2) is 19.9 Å². The van der Waals surface area contributed by atoms with Gasteiger partial charge >= 0.3 is 0 Å². The van der Waals surface area contributed by atoms with E-state index < -0.39 is 61.9 Å². The Balaban J connectivity index is 1.50. The third kappa shape index (κ3) is 5.12. The molecule has 0 spiro atoms. The topological polar surface area (TPSA) is 217 Å². The number of ether oxygens (including phenoxy) is 3. The zero-order chi connectivity index (χ0) is 26.1. The smallest absolute Gasteiger partial charge is 0.213 e. The summed E-state index contributed by atoms with van der Waals surface area (Å²) in [6.45, 7) is 5.33. The lowest BCUT2D eigenvalue weighted by atomic mass is 9.99. The monoisotopic (exact) mass is 515 g/mol. The molecule has 0 amide bonds. The molecule has 2 fully saturated rings. The summed E-state index contributed by atoms with van der Waals surface area (Å²) in [6, 6.07) is 0. The highest BCUT2D eigenvalue weighted by molar-refractivity contribution is 5.80. The van der Waals surface area contributed by atoms with Crippen molar-refractivity contribution in [3.05, 3.63) is 18.5 Å². The second kappa shape index (κ2) is 11.1. The molecule has 4 rings (SSSR count). The summed E-state index contributed by atoms with van der Waals surface area (Å²) >= 11 is 0. The van der Waals surface area contributed by atoms with Crippen molar-refractivity contribution in [2.45, 2.75) is 68.6 Å². The molecule has 2 saturated heterocycles. The first-order valence-electron chi connectivity index (χ1n) is 11.5. The van der Waals surface area contributed by atoms with Gasteiger partial charge in [0.05, 0.1) is 19.8 Å². The van der Waals surface area contributed by atoms with Crippen LogP contribution >= 0.6 is 0 Å². The van der Waals surface area contributed by atoms with Crippen LogP contribution in [0.1, 0.15) is 13.3 Å². The molecule has 4 heterocycles. The van der Waals surface area contributed by atoms with E-state index in [0.717, 1.165) is 5.57 Å². The fourth-order valence-electron chi connectivity index (χ4n) is 4.25. The highest BCUT2D eigenvalue weighted by atomic mass is 16.8. The van der Waals surface area contributed by atoms with Crippen LogP contribution in [0.15, 0.2) is 18.5 Å². The van der Waals surface area contributed by atoms with Crippen molar-refractivity contribution in [2.24, 2.45) is 0 Å². The van der Waals surface area contributed by atoms with E-state index in [0.29, 0.717) is 13.0 Å². The summed E-state index contributed by atoms with van der Waals surface area (Å²) in [5, 5.41) is 62.3. The average molecular weight is 516 g/mol. The molecular weight excluding hydrogens is 482 g/mol. The molecule has 0 aliphatic carbocycles. The minimum absolute atomic E-state index is 0.000181. The Bertz CT molecular complexity index is 925. The number of anilines is 3. The molecular formula is C21H33N5O10. The average Bonchev–Trinajstić information content (AvgIpc) is 3.35. The lowest BCUT2D eigenvalue weighted by Crippen LogP contribution is -2.60. The zero-order valence-corrected chi connectivity index (χ0v) is 19.7. The molecule has 1 unspecified atom stereocenters. The number of hydroxylamine groups is 1. The molecule has 15 heteroatoms. The molecule has 0 radical (unpaired) electrons. The van der Waals surface area contributed by atoms with Gasteiger partial charge in [0.1, 0.15) is 55.7 Å². The SMILES string of the molecule is C=C(C)CCOC[C@H]1O[C@@H](N2CN(OC3O[C@H](CO)[C@@H](O)[C@H](O)[C@H]3O)c3c(N)ncnc32)[C@H](O)[C@@H]1O. The number of nitrogens with two attached hydrogens (primary N) is 1. The van der Waals surface area contributed by atoms with Gasteiger partial charge in [-0.3, -0.25) is 0 Å². The summed E-state index contributed by atoms with van der Waals surface area (Å²) in [5.41, 5.74) is 7.17. The molecule has 9 atom stereocenters. The standard InChI is InChI=1S/C21H33N5O10/c1-9(2)3-4-33-6-11-14(29)16(31)20(34-11)25-8-26(12-18(22)23-7-24-19(12)25)36-21-17(32)15(30)13(28)10(5-27)35-21/h7,10-11,13-17,20-21,27-32H,1,3-6,8H2,2H3,(H2,22,23,24)/t10-,11-,13-,14-,15+,16-,17-,20-,21?/m1/s1. The van der Waals surface area contributed by atoms with Crippen molar-refractivity contribution in [3.63, 3.8) is 0 Å². The van der Waals surface area contributed by atoms with Gasteiger partial charge in [-0.1, -0.05) is 5.57 Å². The molecule has 8 N–H and O–H groups in total. The van der Waals surface area contributed by atoms with E-state index in [9.17, 15) is 30.6 Å². The lowest BCUT2D eigenvalue weighted by Gasteiger charge is -2.40. The van der Waals surface area contributed by atoms with Crippen LogP contribution in [0.5, 0.6) is 0 Å². The number of aromatic nitrogens is 2. The van der Waals surface area contributed by atoms with Gasteiger partial charge in [0.15, 0.2) is 23.6 Å². The highest BCUT2D eigenvalue weighted by Crippen LogP contribution is 2.42. The van der Waals surface area contributed by atoms with Gasteiger partial charge < -0.3 is 55.5 Å². The van der Waals surface area contributed by atoms with Crippen LogP contribution in [0.25, 0.3) is 0 Å². The van der Waals surface area contributed by atoms with E-state index in [1.807, 2.05) is 6.92 Å². The Labute approximate surface area is 206 Å². The van der Waals surface area contributed by atoms with Crippen LogP contribution in [0.3, 0.4) is 0 Å². The molecule has 36 heavy (non-hydrogen) atoms. The Hall–Kier alpha value is -2.18. The fourth-order valence-corrected chi connectivity index (χ4v) is 4.25. The first kappa shape index (κ1) is 26.9. The summed E-state index contributed by atoms with van der Waals surface area (Å²) < 4.78 is 16.9. The summed E-state index contributed by atoms with van der Waals surface area (Å²) in [5.74, 6) is 0.215. The molecule has 0 saturated carbocycles. The third-order valence-corrected chi connectivity index (χ3v) is 6.31. The van der Waals surface area contributed by atoms with Gasteiger partial charge in [-0.15, -0.1) is 6.58 Å². The maximum Gasteiger partial charge on any atom is 0.213 e. The Kier molecular flexibility index (Phi) is 8.25. The van der Waals surface area contributed by atoms with E-state index in [4.69, 9.17) is 24.8 Å². The summed E-state index contributed by atoms with van der Waals surface area (Å²) in [7, 11) is 0. The normalized spacial score (nSPS) is 36.4. The van der Waals surface area contributed by atoms with Crippen molar-refractivity contribution < 1.29 is 49.7 Å². The largest absolute Gasteiger partial charge is 0.394 e. The third-order valence-electron chi connectivity index (χ3n) is 6.31. The number of aliphatic hydroxyl groups is 6. The number of aliphatic hydroxyl groups excluding tert-OH is 6. The number of nitrogen functional groups attached to an aromatic ring is 1. The predicted molar refractivity (Wildman–Crippen MR) is 122 cm³/mol. The molecule has 0 aromatic carbocycles. The summed E-state index contributed by atoms with van der Waals surface area (Å²) in [4.78, 5) is 15.4. The minimum atomic E-state index is -1.66. The molecule has 0 bridgehead atoms. The molecule has 202 valence electrons. The van der Waals surface area contributed by atoms with Crippen LogP contribution in [0.4, 0.5) is 17.3 Å². The molecule has 1 aromatic rings. The van der Waals surface area contributed by atoms with Crippen LogP contribution in [-0.2, 0) is 19.0 Å². The Morgan fingerprint density at radius 3 is 2.50 bits per heavy atom. The van der Waals surface area contributed by atoms with Crippen molar-refractivity contribution in [3.8, 4) is 0 Å². The predicted octanol–water partition coefficient (Wildman–Crippen LogP) is -3.20. The first-order chi connectivity index (χ1) is 17.1. The van der Waals surface area contributed by atoms with E-state index >= 15 is 0 Å². The first-order valence-corrected chi connectivity index (χ1v) is 11.5. The minimum Gasteiger partial charge on any atom is -0.394 e. The number of hydrogen-bond acceptors (Lipinski definition) is 15. The maximum absolute atomic E-state index is 10.7. The quantitative estimate of drug-likeness (QED) is 0.127. The number of rotatable bonds is 9. The van der Waals surface area contributed by atoms with Crippen molar-refractivity contribution in [1.29, 1.82) is 0 Å². The number of hydrogen-bond donors (Lipinski definition) is 7. The Morgan fingerprint density at radius 2 is 1.81 bits per heavy atom. The second-order valence-electron chi connectivity index (χ2n) is 9.05. The zero-order valence-electron chi connectivity index (χ0n) is 19.7. The van der Waals surface area contributed by atoms with E-state index in [1.165, 1.54) is 16.3 Å². The van der Waals surface area contributed by atoms with Gasteiger partial charge in [-0.2, -0.15) is 0 Å². The van der Waals surface area contributed by atoms with Gasteiger partial charge in [0.2, 0.25) is 6.29 Å². The molecule has 1 aromatic heterocycles. The number of fused-ring (bicyclic) bond motifs is 1.